The predicted molar refractivity (Wildman–Crippen MR) is 151 cm³/mol. The molecule has 2 heterocycles. The first-order valence-corrected chi connectivity index (χ1v) is 13.5. The van der Waals surface area contributed by atoms with Gasteiger partial charge in [-0.15, -0.1) is 0 Å². The van der Waals surface area contributed by atoms with Gasteiger partial charge >= 0.3 is 0 Å². The number of fused-ring (bicyclic) bond motifs is 5. The number of phenolic OH excluding ortho intramolecular Hbond substituents is 1. The number of ketones is 2. The first-order valence-electron chi connectivity index (χ1n) is 13.5. The number of carbonyl (C=O) groups excluding carboxylic acids is 2. The van der Waals surface area contributed by atoms with Crippen molar-refractivity contribution < 1.29 is 24.5 Å². The molecule has 6 heteroatoms. The monoisotopic (exact) mass is 529 g/mol. The highest BCUT2D eigenvalue weighted by molar-refractivity contribution is 6.32. The van der Waals surface area contributed by atoms with Gasteiger partial charge in [-0.05, 0) is 79.4 Å². The fourth-order valence-corrected chi connectivity index (χ4v) is 7.07. The van der Waals surface area contributed by atoms with Gasteiger partial charge in [-0.3, -0.25) is 9.59 Å². The van der Waals surface area contributed by atoms with Gasteiger partial charge in [0.15, 0.2) is 17.2 Å². The Balaban J connectivity index is 1.50. The Morgan fingerprint density at radius 2 is 1.65 bits per heavy atom. The molecule has 40 heavy (non-hydrogen) atoms. The molecule has 1 saturated heterocycles. The van der Waals surface area contributed by atoms with Gasteiger partial charge in [0.25, 0.3) is 0 Å². The van der Waals surface area contributed by atoms with E-state index in [-0.39, 0.29) is 28.2 Å². The third-order valence-electron chi connectivity index (χ3n) is 9.06. The highest BCUT2D eigenvalue weighted by atomic mass is 16.6. The second-order valence-electron chi connectivity index (χ2n) is 11.1. The van der Waals surface area contributed by atoms with Crippen LogP contribution in [0.2, 0.25) is 0 Å². The summed E-state index contributed by atoms with van der Waals surface area (Å²) in [5, 5.41) is 27.4. The van der Waals surface area contributed by atoms with E-state index in [1.54, 1.807) is 31.2 Å². The molecule has 2 aliphatic carbocycles. The molecule has 0 amide bonds. The molecule has 3 N–H and O–H groups in total. The SMILES string of the molecule is CCc1cc2cc3c(cc2cc1C)C(=O)c1c(O)cc2c(c1C3=O)N[C@H]1C#C/C=C\C#C[C@@H](C)[C@@]23O[C@@]13[C@@H](C)O. The number of allylic oxidation sites excluding steroid dienone is 2. The van der Waals surface area contributed by atoms with Crippen molar-refractivity contribution in [2.45, 2.75) is 57.5 Å². The van der Waals surface area contributed by atoms with E-state index in [0.717, 1.165) is 22.8 Å². The van der Waals surface area contributed by atoms with E-state index < -0.39 is 35.0 Å². The van der Waals surface area contributed by atoms with Crippen LogP contribution in [0.4, 0.5) is 5.69 Å². The van der Waals surface area contributed by atoms with Crippen LogP contribution in [0.15, 0.2) is 42.5 Å². The predicted octanol–water partition coefficient (Wildman–Crippen LogP) is 4.54. The van der Waals surface area contributed by atoms with Gasteiger partial charge in [-0.2, -0.15) is 0 Å². The van der Waals surface area contributed by atoms with Crippen LogP contribution in [0.5, 0.6) is 5.75 Å². The summed E-state index contributed by atoms with van der Waals surface area (Å²) in [5.74, 6) is 10.8. The Morgan fingerprint density at radius 3 is 2.33 bits per heavy atom. The van der Waals surface area contributed by atoms with E-state index in [9.17, 15) is 19.8 Å². The lowest BCUT2D eigenvalue weighted by molar-refractivity contribution is 0.0868. The maximum atomic E-state index is 14.3. The number of anilines is 1. The standard InChI is InChI=1S/C34H27NO5/c1-5-20-13-22-15-24-23(14-21(22)12-17(20)2)31(38)28-26(37)16-25-30(29(28)32(24)39)35-27-11-9-7-6-8-10-18(3)33(25)34(27,40-33)19(4)36/h6-7,12-16,18-19,27,35-37H,5H2,1-4H3/b7-6-/t18-,19-,27+,33-,34+/m1/s1. The molecule has 0 spiro atoms. The van der Waals surface area contributed by atoms with Gasteiger partial charge in [0.2, 0.25) is 0 Å². The summed E-state index contributed by atoms with van der Waals surface area (Å²) < 4.78 is 6.47. The number of ether oxygens (including phenoxy) is 1. The Kier molecular flexibility index (Phi) is 4.98. The van der Waals surface area contributed by atoms with Crippen molar-refractivity contribution in [1.82, 2.24) is 0 Å². The number of epoxide rings is 1. The molecular weight excluding hydrogens is 502 g/mol. The number of hydrogen-bond donors (Lipinski definition) is 3. The molecule has 0 radical (unpaired) electrons. The van der Waals surface area contributed by atoms with E-state index in [1.807, 2.05) is 19.9 Å². The zero-order valence-corrected chi connectivity index (χ0v) is 22.6. The molecule has 3 aromatic rings. The number of carbonyl (C=O) groups is 2. The number of aryl methyl sites for hydroxylation is 2. The molecule has 7 rings (SSSR count). The van der Waals surface area contributed by atoms with Crippen molar-refractivity contribution >= 4 is 28.0 Å². The first kappa shape index (κ1) is 24.7. The van der Waals surface area contributed by atoms with Gasteiger partial charge in [-0.25, -0.2) is 0 Å². The second kappa shape index (κ2) is 8.08. The van der Waals surface area contributed by atoms with Crippen LogP contribution < -0.4 is 5.32 Å². The number of benzene rings is 3. The van der Waals surface area contributed by atoms with Crippen LogP contribution in [0.25, 0.3) is 10.8 Å². The van der Waals surface area contributed by atoms with Crippen LogP contribution in [-0.4, -0.2) is 39.5 Å². The van der Waals surface area contributed by atoms with Crippen molar-refractivity contribution in [2.75, 3.05) is 5.32 Å². The third kappa shape index (κ3) is 2.88. The van der Waals surface area contributed by atoms with E-state index >= 15 is 0 Å². The summed E-state index contributed by atoms with van der Waals surface area (Å²) in [5.41, 5.74) is 1.50. The number of phenols is 1. The van der Waals surface area contributed by atoms with Crippen LogP contribution in [0.1, 0.15) is 69.3 Å². The summed E-state index contributed by atoms with van der Waals surface area (Å²) in [6.45, 7) is 7.66. The van der Waals surface area contributed by atoms with E-state index in [2.05, 4.69) is 42.0 Å². The van der Waals surface area contributed by atoms with Crippen LogP contribution >= 0.6 is 0 Å². The maximum absolute atomic E-state index is 14.3. The Bertz CT molecular complexity index is 1880. The van der Waals surface area contributed by atoms with Crippen LogP contribution in [0.3, 0.4) is 0 Å². The molecule has 0 aromatic heterocycles. The average Bonchev–Trinajstić information content (AvgIpc) is 3.66. The van der Waals surface area contributed by atoms with Gasteiger partial charge in [0.05, 0.1) is 28.8 Å². The lowest BCUT2D eigenvalue weighted by atomic mass is 9.67. The lowest BCUT2D eigenvalue weighted by Crippen LogP contribution is -2.53. The molecule has 4 aliphatic rings. The Morgan fingerprint density at radius 1 is 1.00 bits per heavy atom. The number of rotatable bonds is 2. The summed E-state index contributed by atoms with van der Waals surface area (Å²) >= 11 is 0. The van der Waals surface area contributed by atoms with E-state index in [4.69, 9.17) is 4.74 Å². The molecule has 198 valence electrons. The largest absolute Gasteiger partial charge is 0.507 e. The van der Waals surface area contributed by atoms with Gasteiger partial charge in [0.1, 0.15) is 17.4 Å². The number of hydrogen-bond acceptors (Lipinski definition) is 6. The van der Waals surface area contributed by atoms with Crippen molar-refractivity contribution in [3.05, 3.63) is 81.4 Å². The Labute approximate surface area is 232 Å². The fourth-order valence-electron chi connectivity index (χ4n) is 7.07. The zero-order chi connectivity index (χ0) is 28.1. The number of aliphatic hydroxyl groups is 1. The summed E-state index contributed by atoms with van der Waals surface area (Å²) in [6.07, 6.45) is 3.20. The average molecular weight is 530 g/mol. The quantitative estimate of drug-likeness (QED) is 0.200. The molecule has 3 aromatic carbocycles. The molecule has 6 nitrogen and oxygen atoms in total. The third-order valence-corrected chi connectivity index (χ3v) is 9.06. The maximum Gasteiger partial charge on any atom is 0.198 e. The normalized spacial score (nSPS) is 28.3. The minimum absolute atomic E-state index is 0.0391. The molecule has 1 fully saturated rings. The number of aromatic hydroxyl groups is 1. The number of nitrogens with one attached hydrogen (secondary N) is 1. The van der Waals surface area contributed by atoms with E-state index in [0.29, 0.717) is 16.8 Å². The number of aliphatic hydroxyl groups excluding tert-OH is 1. The minimum Gasteiger partial charge on any atom is -0.507 e. The smallest absolute Gasteiger partial charge is 0.198 e. The molecule has 2 aliphatic heterocycles. The second-order valence-corrected chi connectivity index (χ2v) is 11.1. The van der Waals surface area contributed by atoms with Crippen molar-refractivity contribution in [3.8, 4) is 29.4 Å². The molecule has 0 saturated carbocycles. The summed E-state index contributed by atoms with van der Waals surface area (Å²) in [7, 11) is 0. The topological polar surface area (TPSA) is 99.2 Å². The fraction of sp³-hybridized carbons (Fsp3) is 0.294. The van der Waals surface area contributed by atoms with Gasteiger partial charge in [0, 0.05) is 16.7 Å². The molecule has 0 unspecified atom stereocenters. The first-order chi connectivity index (χ1) is 19.2. The Hall–Kier alpha value is -4.36. The molecular formula is C34H27NO5. The van der Waals surface area contributed by atoms with Crippen molar-refractivity contribution in [3.63, 3.8) is 0 Å². The summed E-state index contributed by atoms with van der Waals surface area (Å²) in [6, 6.07) is 8.42. The van der Waals surface area contributed by atoms with Crippen molar-refractivity contribution in [2.24, 2.45) is 5.92 Å². The highest BCUT2D eigenvalue weighted by Crippen LogP contribution is 2.68. The summed E-state index contributed by atoms with van der Waals surface area (Å²) in [4.78, 5) is 28.2. The minimum atomic E-state index is -1.16. The van der Waals surface area contributed by atoms with Crippen LogP contribution in [0, 0.1) is 36.5 Å². The molecule has 2 bridgehead atoms. The molecule has 5 atom stereocenters. The van der Waals surface area contributed by atoms with E-state index in [1.165, 1.54) is 11.6 Å². The highest BCUT2D eigenvalue weighted by Gasteiger charge is 2.81. The lowest BCUT2D eigenvalue weighted by Gasteiger charge is -2.38. The van der Waals surface area contributed by atoms with Gasteiger partial charge in [-0.1, -0.05) is 42.7 Å². The zero-order valence-electron chi connectivity index (χ0n) is 22.6. The van der Waals surface area contributed by atoms with Crippen molar-refractivity contribution in [1.29, 1.82) is 0 Å². The van der Waals surface area contributed by atoms with Crippen LogP contribution in [-0.2, 0) is 16.8 Å². The van der Waals surface area contributed by atoms with Gasteiger partial charge < -0.3 is 20.3 Å².